The van der Waals surface area contributed by atoms with Gasteiger partial charge in [-0.3, -0.25) is 9.48 Å². The van der Waals surface area contributed by atoms with Gasteiger partial charge in [-0.2, -0.15) is 5.10 Å². The van der Waals surface area contributed by atoms with Crippen molar-refractivity contribution in [3.63, 3.8) is 0 Å². The molecule has 1 unspecified atom stereocenters. The van der Waals surface area contributed by atoms with Crippen LogP contribution in [-0.2, 0) is 11.3 Å². The maximum Gasteiger partial charge on any atom is 0.242 e. The monoisotopic (exact) mass is 252 g/mol. The first-order valence-corrected chi connectivity index (χ1v) is 6.24. The van der Waals surface area contributed by atoms with Gasteiger partial charge in [-0.05, 0) is 25.3 Å². The molecule has 5 heteroatoms. The van der Waals surface area contributed by atoms with Gasteiger partial charge in [-0.15, -0.1) is 0 Å². The molecule has 0 saturated carbocycles. The van der Waals surface area contributed by atoms with Crippen molar-refractivity contribution in [3.8, 4) is 0 Å². The molecule has 0 aliphatic heterocycles. The number of hydrogen-bond acceptors (Lipinski definition) is 3. The van der Waals surface area contributed by atoms with Crippen LogP contribution in [0.5, 0.6) is 0 Å². The predicted octanol–water partition coefficient (Wildman–Crippen LogP) is 0.990. The largest absolute Gasteiger partial charge is 0.350 e. The Bertz CT molecular complexity index is 417. The average Bonchev–Trinajstić information content (AvgIpc) is 2.52. The molecule has 0 spiro atoms. The molecule has 18 heavy (non-hydrogen) atoms. The lowest BCUT2D eigenvalue weighted by atomic mass is 9.87. The van der Waals surface area contributed by atoms with Gasteiger partial charge in [-0.1, -0.05) is 20.8 Å². The van der Waals surface area contributed by atoms with Crippen LogP contribution in [-0.4, -0.2) is 28.3 Å². The first-order valence-electron chi connectivity index (χ1n) is 6.24. The predicted molar refractivity (Wildman–Crippen MR) is 72.1 cm³/mol. The van der Waals surface area contributed by atoms with E-state index in [2.05, 4.69) is 31.2 Å². The van der Waals surface area contributed by atoms with Crippen molar-refractivity contribution in [2.45, 2.75) is 47.2 Å². The standard InChI is InChI=1S/C13H24N4O/c1-9-6-10(2)17(16-9)8-12(18)15-11(7-14)13(3,4)5/h6,11H,7-8,14H2,1-5H3,(H,15,18). The Balaban J connectivity index is 2.64. The zero-order chi connectivity index (χ0) is 13.9. The van der Waals surface area contributed by atoms with Crippen LogP contribution in [0.25, 0.3) is 0 Å². The Kier molecular flexibility index (Phi) is 4.51. The molecule has 1 heterocycles. The fourth-order valence-electron chi connectivity index (χ4n) is 1.84. The van der Waals surface area contributed by atoms with Crippen LogP contribution >= 0.6 is 0 Å². The molecular weight excluding hydrogens is 228 g/mol. The number of nitrogens with two attached hydrogens (primary N) is 1. The number of carbonyl (C=O) groups is 1. The quantitative estimate of drug-likeness (QED) is 0.839. The van der Waals surface area contributed by atoms with Crippen LogP contribution < -0.4 is 11.1 Å². The van der Waals surface area contributed by atoms with Gasteiger partial charge < -0.3 is 11.1 Å². The van der Waals surface area contributed by atoms with E-state index in [1.807, 2.05) is 19.9 Å². The van der Waals surface area contributed by atoms with Crippen LogP contribution in [0.3, 0.4) is 0 Å². The zero-order valence-electron chi connectivity index (χ0n) is 11.9. The average molecular weight is 252 g/mol. The van der Waals surface area contributed by atoms with Gasteiger partial charge in [0.25, 0.3) is 0 Å². The van der Waals surface area contributed by atoms with Crippen molar-refractivity contribution in [3.05, 3.63) is 17.5 Å². The van der Waals surface area contributed by atoms with E-state index < -0.39 is 0 Å². The minimum atomic E-state index is -0.0495. The molecule has 1 amide bonds. The summed E-state index contributed by atoms with van der Waals surface area (Å²) in [5.74, 6) is -0.0495. The third-order valence-electron chi connectivity index (χ3n) is 3.01. The summed E-state index contributed by atoms with van der Waals surface area (Å²) >= 11 is 0. The van der Waals surface area contributed by atoms with E-state index in [0.29, 0.717) is 6.54 Å². The van der Waals surface area contributed by atoms with E-state index in [0.717, 1.165) is 11.4 Å². The van der Waals surface area contributed by atoms with E-state index in [4.69, 9.17) is 5.73 Å². The summed E-state index contributed by atoms with van der Waals surface area (Å²) in [4.78, 5) is 12.0. The Morgan fingerprint density at radius 3 is 2.50 bits per heavy atom. The number of aromatic nitrogens is 2. The highest BCUT2D eigenvalue weighted by Crippen LogP contribution is 2.18. The molecule has 0 aromatic carbocycles. The van der Waals surface area contributed by atoms with E-state index >= 15 is 0 Å². The molecule has 1 atom stereocenters. The van der Waals surface area contributed by atoms with E-state index in [1.54, 1.807) is 4.68 Å². The van der Waals surface area contributed by atoms with Crippen molar-refractivity contribution < 1.29 is 4.79 Å². The summed E-state index contributed by atoms with van der Waals surface area (Å²) in [6.45, 7) is 10.7. The molecule has 1 rings (SSSR count). The van der Waals surface area contributed by atoms with Crippen molar-refractivity contribution in [1.82, 2.24) is 15.1 Å². The Labute approximate surface area is 109 Å². The van der Waals surface area contributed by atoms with Gasteiger partial charge >= 0.3 is 0 Å². The van der Waals surface area contributed by atoms with Crippen molar-refractivity contribution in [1.29, 1.82) is 0 Å². The molecule has 0 aliphatic rings. The molecule has 3 N–H and O–H groups in total. The minimum Gasteiger partial charge on any atom is -0.350 e. The van der Waals surface area contributed by atoms with Crippen LogP contribution in [0.2, 0.25) is 0 Å². The van der Waals surface area contributed by atoms with Gasteiger partial charge in [0.05, 0.1) is 5.69 Å². The Hall–Kier alpha value is -1.36. The highest BCUT2D eigenvalue weighted by molar-refractivity contribution is 5.76. The number of amides is 1. The number of rotatable bonds is 4. The minimum absolute atomic E-state index is 0.0260. The molecule has 102 valence electrons. The molecule has 1 aromatic heterocycles. The summed E-state index contributed by atoms with van der Waals surface area (Å²) in [6.07, 6.45) is 0. The van der Waals surface area contributed by atoms with Gasteiger partial charge in [0.15, 0.2) is 0 Å². The lowest BCUT2D eigenvalue weighted by Gasteiger charge is -2.30. The number of carbonyl (C=O) groups excluding carboxylic acids is 1. The molecule has 0 radical (unpaired) electrons. The molecular formula is C13H24N4O. The SMILES string of the molecule is Cc1cc(C)n(CC(=O)NC(CN)C(C)(C)C)n1. The lowest BCUT2D eigenvalue weighted by molar-refractivity contribution is -0.123. The van der Waals surface area contributed by atoms with Gasteiger partial charge in [0.2, 0.25) is 5.91 Å². The summed E-state index contributed by atoms with van der Waals surface area (Å²) in [5.41, 5.74) is 7.57. The van der Waals surface area contributed by atoms with Gasteiger partial charge in [0, 0.05) is 18.3 Å². The first kappa shape index (κ1) is 14.7. The first-order chi connectivity index (χ1) is 8.24. The maximum atomic E-state index is 12.0. The van der Waals surface area contributed by atoms with E-state index in [-0.39, 0.29) is 23.9 Å². The van der Waals surface area contributed by atoms with E-state index in [1.165, 1.54) is 0 Å². The van der Waals surface area contributed by atoms with Gasteiger partial charge in [-0.25, -0.2) is 0 Å². The fraction of sp³-hybridized carbons (Fsp3) is 0.692. The van der Waals surface area contributed by atoms with Crippen LogP contribution in [0.15, 0.2) is 6.07 Å². The summed E-state index contributed by atoms with van der Waals surface area (Å²) < 4.78 is 1.71. The van der Waals surface area contributed by atoms with Crippen LogP contribution in [0, 0.1) is 19.3 Å². The molecule has 0 bridgehead atoms. The van der Waals surface area contributed by atoms with Crippen molar-refractivity contribution in [2.24, 2.45) is 11.1 Å². The van der Waals surface area contributed by atoms with E-state index in [9.17, 15) is 4.79 Å². The molecule has 0 fully saturated rings. The fourth-order valence-corrected chi connectivity index (χ4v) is 1.84. The highest BCUT2D eigenvalue weighted by Gasteiger charge is 2.24. The number of aryl methyl sites for hydroxylation is 2. The second-order valence-electron chi connectivity index (χ2n) is 5.81. The maximum absolute atomic E-state index is 12.0. The van der Waals surface area contributed by atoms with Crippen molar-refractivity contribution in [2.75, 3.05) is 6.54 Å². The number of hydrogen-bond donors (Lipinski definition) is 2. The summed E-state index contributed by atoms with van der Waals surface area (Å²) in [6, 6.07) is 1.93. The molecule has 0 saturated heterocycles. The number of nitrogens with zero attached hydrogens (tertiary/aromatic N) is 2. The van der Waals surface area contributed by atoms with Gasteiger partial charge in [0.1, 0.15) is 6.54 Å². The van der Waals surface area contributed by atoms with Crippen molar-refractivity contribution >= 4 is 5.91 Å². The van der Waals surface area contributed by atoms with Crippen LogP contribution in [0.1, 0.15) is 32.2 Å². The second-order valence-corrected chi connectivity index (χ2v) is 5.81. The molecule has 0 aliphatic carbocycles. The highest BCUT2D eigenvalue weighted by atomic mass is 16.2. The summed E-state index contributed by atoms with van der Waals surface area (Å²) in [5, 5.41) is 7.24. The Morgan fingerprint density at radius 2 is 2.11 bits per heavy atom. The number of nitrogens with one attached hydrogen (secondary N) is 1. The summed E-state index contributed by atoms with van der Waals surface area (Å²) in [7, 11) is 0. The lowest BCUT2D eigenvalue weighted by Crippen LogP contribution is -2.49. The zero-order valence-corrected chi connectivity index (χ0v) is 11.9. The second kappa shape index (κ2) is 5.52. The third kappa shape index (κ3) is 3.84. The topological polar surface area (TPSA) is 72.9 Å². The smallest absolute Gasteiger partial charge is 0.242 e. The molecule has 1 aromatic rings. The molecule has 5 nitrogen and oxygen atoms in total. The Morgan fingerprint density at radius 1 is 1.50 bits per heavy atom. The normalized spacial score (nSPS) is 13.4. The van der Waals surface area contributed by atoms with Crippen LogP contribution in [0.4, 0.5) is 0 Å². The third-order valence-corrected chi connectivity index (χ3v) is 3.01.